The number of aliphatic carboxylic acids is 3. The zero-order valence-corrected chi connectivity index (χ0v) is 15.1. The highest BCUT2D eigenvalue weighted by Gasteiger charge is 1.91. The van der Waals surface area contributed by atoms with Crippen LogP contribution in [0.3, 0.4) is 0 Å². The SMILES string of the molecule is C=C(C)C(=O)O.C=C(C)C(=O)O.C=C(C)C(=O)O.OCCCCCO. The summed E-state index contributed by atoms with van der Waals surface area (Å²) in [7, 11) is 0. The second kappa shape index (κ2) is 21.6. The van der Waals surface area contributed by atoms with Gasteiger partial charge in [-0.1, -0.05) is 19.7 Å². The summed E-state index contributed by atoms with van der Waals surface area (Å²) in [5.41, 5.74) is 0.528. The number of aliphatic hydroxyl groups excluding tert-OH is 2. The van der Waals surface area contributed by atoms with Gasteiger partial charge in [0.05, 0.1) is 0 Å². The summed E-state index contributed by atoms with van der Waals surface area (Å²) in [4.78, 5) is 28.8. The topological polar surface area (TPSA) is 152 Å². The van der Waals surface area contributed by atoms with Crippen LogP contribution in [-0.2, 0) is 14.4 Å². The Balaban J connectivity index is -0.000000118. The Bertz CT molecular complexity index is 341. The van der Waals surface area contributed by atoms with Crippen molar-refractivity contribution in [3.63, 3.8) is 0 Å². The van der Waals surface area contributed by atoms with Crippen LogP contribution in [0.25, 0.3) is 0 Å². The molecule has 0 aliphatic rings. The number of hydrogen-bond acceptors (Lipinski definition) is 5. The number of hydrogen-bond donors (Lipinski definition) is 5. The fourth-order valence-electron chi connectivity index (χ4n) is 0.400. The van der Waals surface area contributed by atoms with Crippen LogP contribution in [0, 0.1) is 0 Å². The molecule has 8 nitrogen and oxygen atoms in total. The molecule has 0 radical (unpaired) electrons. The summed E-state index contributed by atoms with van der Waals surface area (Å²) in [5, 5.41) is 40.1. The molecule has 0 aromatic rings. The average Bonchev–Trinajstić information content (AvgIpc) is 2.49. The number of unbranched alkanes of at least 4 members (excludes halogenated alkanes) is 2. The third kappa shape index (κ3) is 44.9. The van der Waals surface area contributed by atoms with Crippen molar-refractivity contribution in [3.05, 3.63) is 36.5 Å². The van der Waals surface area contributed by atoms with Gasteiger partial charge in [-0.15, -0.1) is 0 Å². The lowest BCUT2D eigenvalue weighted by molar-refractivity contribution is -0.133. The van der Waals surface area contributed by atoms with Crippen molar-refractivity contribution in [2.45, 2.75) is 40.0 Å². The van der Waals surface area contributed by atoms with E-state index in [-0.39, 0.29) is 29.9 Å². The van der Waals surface area contributed by atoms with Crippen molar-refractivity contribution in [1.82, 2.24) is 0 Å². The van der Waals surface area contributed by atoms with E-state index in [1.807, 2.05) is 0 Å². The molecule has 0 spiro atoms. The maximum Gasteiger partial charge on any atom is 0.330 e. The highest BCUT2D eigenvalue weighted by Crippen LogP contribution is 1.90. The van der Waals surface area contributed by atoms with Crippen molar-refractivity contribution >= 4 is 17.9 Å². The van der Waals surface area contributed by atoms with Gasteiger partial charge in [0.2, 0.25) is 0 Å². The van der Waals surface area contributed by atoms with Gasteiger partial charge in [0, 0.05) is 29.9 Å². The molecule has 0 fully saturated rings. The van der Waals surface area contributed by atoms with E-state index in [4.69, 9.17) is 25.5 Å². The van der Waals surface area contributed by atoms with Crippen LogP contribution >= 0.6 is 0 Å². The first-order chi connectivity index (χ1) is 11.3. The second-order valence-corrected chi connectivity index (χ2v) is 4.76. The van der Waals surface area contributed by atoms with E-state index in [0.717, 1.165) is 19.3 Å². The van der Waals surface area contributed by atoms with E-state index in [1.54, 1.807) is 0 Å². The van der Waals surface area contributed by atoms with Crippen LogP contribution in [0.2, 0.25) is 0 Å². The molecule has 0 bridgehead atoms. The molecule has 0 aromatic heterocycles. The molecule has 0 amide bonds. The van der Waals surface area contributed by atoms with Gasteiger partial charge in [0.1, 0.15) is 0 Å². The van der Waals surface area contributed by atoms with E-state index in [9.17, 15) is 14.4 Å². The zero-order valence-electron chi connectivity index (χ0n) is 15.1. The third-order valence-corrected chi connectivity index (χ3v) is 1.91. The van der Waals surface area contributed by atoms with Gasteiger partial charge in [0.15, 0.2) is 0 Å². The van der Waals surface area contributed by atoms with Crippen molar-refractivity contribution < 1.29 is 39.9 Å². The van der Waals surface area contributed by atoms with Crippen molar-refractivity contribution in [2.75, 3.05) is 13.2 Å². The van der Waals surface area contributed by atoms with E-state index < -0.39 is 17.9 Å². The van der Waals surface area contributed by atoms with Crippen LogP contribution in [-0.4, -0.2) is 56.7 Å². The zero-order chi connectivity index (χ0) is 21.0. The Labute approximate surface area is 148 Å². The molecule has 0 saturated heterocycles. The Morgan fingerprint density at radius 1 is 0.600 bits per heavy atom. The molecule has 0 aromatic carbocycles. The molecule has 0 unspecified atom stereocenters. The van der Waals surface area contributed by atoms with E-state index >= 15 is 0 Å². The molecule has 146 valence electrons. The number of carbonyl (C=O) groups is 3. The smallest absolute Gasteiger partial charge is 0.330 e. The van der Waals surface area contributed by atoms with Crippen LogP contribution in [0.1, 0.15) is 40.0 Å². The predicted molar refractivity (Wildman–Crippen MR) is 95.4 cm³/mol. The van der Waals surface area contributed by atoms with Crippen molar-refractivity contribution in [1.29, 1.82) is 0 Å². The molecule has 0 atom stereocenters. The van der Waals surface area contributed by atoms with Crippen LogP contribution < -0.4 is 0 Å². The number of aliphatic hydroxyl groups is 2. The Morgan fingerprint density at radius 2 is 0.760 bits per heavy atom. The Kier molecular flexibility index (Phi) is 26.2. The van der Waals surface area contributed by atoms with E-state index in [0.29, 0.717) is 0 Å². The Hall–Kier alpha value is -2.45. The van der Waals surface area contributed by atoms with Gasteiger partial charge >= 0.3 is 17.9 Å². The lowest BCUT2D eigenvalue weighted by Crippen LogP contribution is -1.92. The molecule has 0 aliphatic heterocycles. The Morgan fingerprint density at radius 3 is 0.840 bits per heavy atom. The van der Waals surface area contributed by atoms with Crippen molar-refractivity contribution in [3.8, 4) is 0 Å². The van der Waals surface area contributed by atoms with Gasteiger partial charge in [0.25, 0.3) is 0 Å². The van der Waals surface area contributed by atoms with Gasteiger partial charge < -0.3 is 25.5 Å². The lowest BCUT2D eigenvalue weighted by atomic mass is 10.2. The molecule has 0 rings (SSSR count). The first kappa shape index (κ1) is 30.4. The van der Waals surface area contributed by atoms with Crippen LogP contribution in [0.4, 0.5) is 0 Å². The van der Waals surface area contributed by atoms with Gasteiger partial charge in [-0.05, 0) is 40.0 Å². The van der Waals surface area contributed by atoms with Gasteiger partial charge in [-0.25, -0.2) is 14.4 Å². The van der Waals surface area contributed by atoms with Crippen molar-refractivity contribution in [2.24, 2.45) is 0 Å². The normalized spacial score (nSPS) is 8.04. The fourth-order valence-corrected chi connectivity index (χ4v) is 0.400. The highest BCUT2D eigenvalue weighted by atomic mass is 16.4. The molecule has 0 aliphatic carbocycles. The number of carboxylic acids is 3. The maximum absolute atomic E-state index is 9.60. The third-order valence-electron chi connectivity index (χ3n) is 1.91. The maximum atomic E-state index is 9.60. The number of rotatable bonds is 7. The summed E-state index contributed by atoms with van der Waals surface area (Å²) in [6.45, 7) is 14.3. The highest BCUT2D eigenvalue weighted by molar-refractivity contribution is 5.85. The van der Waals surface area contributed by atoms with Gasteiger partial charge in [-0.3, -0.25) is 0 Å². The van der Waals surface area contributed by atoms with E-state index in [1.165, 1.54) is 20.8 Å². The van der Waals surface area contributed by atoms with Crippen LogP contribution in [0.15, 0.2) is 36.5 Å². The molecular weight excluding hydrogens is 332 g/mol. The molecule has 8 heteroatoms. The monoisotopic (exact) mass is 362 g/mol. The minimum absolute atomic E-state index is 0.176. The summed E-state index contributed by atoms with van der Waals surface area (Å²) in [5.74, 6) is -2.81. The average molecular weight is 362 g/mol. The summed E-state index contributed by atoms with van der Waals surface area (Å²) >= 11 is 0. The first-order valence-electron chi connectivity index (χ1n) is 7.23. The fraction of sp³-hybridized carbons (Fsp3) is 0.471. The minimum Gasteiger partial charge on any atom is -0.478 e. The molecular formula is C17H30O8. The van der Waals surface area contributed by atoms with Crippen LogP contribution in [0.5, 0.6) is 0 Å². The molecule has 0 saturated carbocycles. The number of carboxylic acid groups (broad SMARTS) is 3. The molecule has 5 N–H and O–H groups in total. The quantitative estimate of drug-likeness (QED) is 0.341. The summed E-state index contributed by atoms with van der Waals surface area (Å²) in [6.07, 6.45) is 2.58. The summed E-state index contributed by atoms with van der Waals surface area (Å²) in [6, 6.07) is 0. The lowest BCUT2D eigenvalue weighted by Gasteiger charge is -1.90. The van der Waals surface area contributed by atoms with E-state index in [2.05, 4.69) is 19.7 Å². The standard InChI is InChI=1S/C5H12O2.3C4H6O2/c6-4-2-1-3-5-7;3*1-3(2)4(5)6/h6-7H,1-5H2;3*1H2,2H3,(H,5,6). The first-order valence-corrected chi connectivity index (χ1v) is 7.23. The molecule has 0 heterocycles. The predicted octanol–water partition coefficient (Wildman–Crippen LogP) is 2.08. The second-order valence-electron chi connectivity index (χ2n) is 4.76. The van der Waals surface area contributed by atoms with Gasteiger partial charge in [-0.2, -0.15) is 0 Å². The molecule has 25 heavy (non-hydrogen) atoms. The summed E-state index contributed by atoms with van der Waals surface area (Å²) < 4.78 is 0. The largest absolute Gasteiger partial charge is 0.478 e. The minimum atomic E-state index is -0.935.